The molecule has 0 aromatic heterocycles. The topological polar surface area (TPSA) is 66.4 Å². The minimum atomic E-state index is -0.967. The molecule has 1 unspecified atom stereocenters. The van der Waals surface area contributed by atoms with Crippen LogP contribution in [-0.2, 0) is 9.59 Å². The summed E-state index contributed by atoms with van der Waals surface area (Å²) in [7, 11) is 0. The van der Waals surface area contributed by atoms with Gasteiger partial charge in [-0.3, -0.25) is 9.59 Å². The normalized spacial score (nSPS) is 12.4. The second kappa shape index (κ2) is 7.16. The van der Waals surface area contributed by atoms with Crippen molar-refractivity contribution in [3.8, 4) is 0 Å². The number of hydrogen-bond donors (Lipinski definition) is 2. The lowest BCUT2D eigenvalue weighted by atomic mass is 10.2. The van der Waals surface area contributed by atoms with Gasteiger partial charge in [0.15, 0.2) is 0 Å². The van der Waals surface area contributed by atoms with Crippen LogP contribution in [0.4, 0.5) is 0 Å². The third-order valence-electron chi connectivity index (χ3n) is 2.27. The number of aliphatic carboxylic acids is 1. The van der Waals surface area contributed by atoms with Crippen molar-refractivity contribution in [1.82, 2.24) is 5.32 Å². The fourth-order valence-electron chi connectivity index (χ4n) is 1.43. The Kier molecular flexibility index (Phi) is 5.86. The number of nitrogens with one attached hydrogen (secondary N) is 1. The summed E-state index contributed by atoms with van der Waals surface area (Å²) in [6, 6.07) is 4.59. The van der Waals surface area contributed by atoms with Gasteiger partial charge in [-0.05, 0) is 25.1 Å². The first-order valence-corrected chi connectivity index (χ1v) is 6.30. The Balaban J connectivity index is 2.66. The second-order valence-corrected chi connectivity index (χ2v) is 4.79. The largest absolute Gasteiger partial charge is 0.481 e. The molecule has 0 heterocycles. The minimum absolute atomic E-state index is 0.133. The summed E-state index contributed by atoms with van der Waals surface area (Å²) in [5, 5.41) is 12.0. The van der Waals surface area contributed by atoms with E-state index in [9.17, 15) is 9.59 Å². The van der Waals surface area contributed by atoms with Crippen molar-refractivity contribution in [2.24, 2.45) is 0 Å². The molecule has 0 aliphatic rings. The van der Waals surface area contributed by atoms with Crippen LogP contribution in [0.15, 0.2) is 24.3 Å². The SMILES string of the molecule is CC(CC(=O)O)NC(=O)/C=C/c1c(Cl)cccc1Cl. The van der Waals surface area contributed by atoms with Gasteiger partial charge in [-0.25, -0.2) is 0 Å². The van der Waals surface area contributed by atoms with E-state index in [1.807, 2.05) is 0 Å². The summed E-state index contributed by atoms with van der Waals surface area (Å²) in [6.07, 6.45) is 2.63. The Hall–Kier alpha value is -1.52. The van der Waals surface area contributed by atoms with Gasteiger partial charge < -0.3 is 10.4 Å². The highest BCUT2D eigenvalue weighted by Gasteiger charge is 2.09. The molecule has 1 rings (SSSR count). The van der Waals surface area contributed by atoms with Crippen LogP contribution in [0.25, 0.3) is 6.08 Å². The number of benzene rings is 1. The molecular formula is C13H13Cl2NO3. The first kappa shape index (κ1) is 15.5. The average Bonchev–Trinajstić information content (AvgIpc) is 2.26. The molecule has 2 N–H and O–H groups in total. The summed E-state index contributed by atoms with van der Waals surface area (Å²) >= 11 is 11.9. The van der Waals surface area contributed by atoms with Crippen molar-refractivity contribution in [3.63, 3.8) is 0 Å². The zero-order chi connectivity index (χ0) is 14.4. The molecule has 1 aromatic carbocycles. The van der Waals surface area contributed by atoms with E-state index in [1.54, 1.807) is 25.1 Å². The van der Waals surface area contributed by atoms with Crippen LogP contribution in [0.3, 0.4) is 0 Å². The van der Waals surface area contributed by atoms with E-state index in [1.165, 1.54) is 12.2 Å². The fraction of sp³-hybridized carbons (Fsp3) is 0.231. The monoisotopic (exact) mass is 301 g/mol. The van der Waals surface area contributed by atoms with Gasteiger partial charge in [-0.1, -0.05) is 29.3 Å². The molecule has 0 aliphatic carbocycles. The van der Waals surface area contributed by atoms with Gasteiger partial charge in [0.2, 0.25) is 5.91 Å². The Morgan fingerprint density at radius 1 is 1.37 bits per heavy atom. The van der Waals surface area contributed by atoms with E-state index in [4.69, 9.17) is 28.3 Å². The molecular weight excluding hydrogens is 289 g/mol. The quantitative estimate of drug-likeness (QED) is 0.822. The highest BCUT2D eigenvalue weighted by Crippen LogP contribution is 2.25. The number of hydrogen-bond acceptors (Lipinski definition) is 2. The first-order chi connectivity index (χ1) is 8.90. The van der Waals surface area contributed by atoms with E-state index in [2.05, 4.69) is 5.32 Å². The molecule has 0 saturated heterocycles. The maximum Gasteiger partial charge on any atom is 0.305 e. The summed E-state index contributed by atoms with van der Waals surface area (Å²) in [4.78, 5) is 22.0. The van der Waals surface area contributed by atoms with E-state index >= 15 is 0 Å². The zero-order valence-corrected chi connectivity index (χ0v) is 11.7. The molecule has 1 amide bonds. The molecule has 0 bridgehead atoms. The molecule has 0 aliphatic heterocycles. The van der Waals surface area contributed by atoms with Gasteiger partial charge in [0.25, 0.3) is 0 Å². The predicted molar refractivity (Wildman–Crippen MR) is 75.4 cm³/mol. The summed E-state index contributed by atoms with van der Waals surface area (Å²) in [5.41, 5.74) is 0.548. The van der Waals surface area contributed by atoms with Gasteiger partial charge in [-0.15, -0.1) is 0 Å². The Bertz CT molecular complexity index is 494. The highest BCUT2D eigenvalue weighted by atomic mass is 35.5. The van der Waals surface area contributed by atoms with Gasteiger partial charge in [-0.2, -0.15) is 0 Å². The molecule has 1 atom stereocenters. The summed E-state index contributed by atoms with van der Waals surface area (Å²) in [6.45, 7) is 1.61. The molecule has 0 radical (unpaired) electrons. The average molecular weight is 302 g/mol. The first-order valence-electron chi connectivity index (χ1n) is 5.54. The number of halogens is 2. The van der Waals surface area contributed by atoms with Crippen molar-refractivity contribution < 1.29 is 14.7 Å². The number of carbonyl (C=O) groups is 2. The smallest absolute Gasteiger partial charge is 0.305 e. The number of rotatable bonds is 5. The molecule has 0 fully saturated rings. The van der Waals surface area contributed by atoms with Crippen LogP contribution < -0.4 is 5.32 Å². The van der Waals surface area contributed by atoms with Crippen molar-refractivity contribution in [1.29, 1.82) is 0 Å². The summed E-state index contributed by atoms with van der Waals surface area (Å²) in [5.74, 6) is -1.37. The van der Waals surface area contributed by atoms with Crippen LogP contribution in [0.1, 0.15) is 18.9 Å². The molecule has 19 heavy (non-hydrogen) atoms. The van der Waals surface area contributed by atoms with Crippen molar-refractivity contribution in [3.05, 3.63) is 39.9 Å². The van der Waals surface area contributed by atoms with Crippen molar-refractivity contribution in [2.45, 2.75) is 19.4 Å². The van der Waals surface area contributed by atoms with Crippen LogP contribution in [-0.4, -0.2) is 23.0 Å². The Morgan fingerprint density at radius 2 is 1.95 bits per heavy atom. The third-order valence-corrected chi connectivity index (χ3v) is 2.93. The lowest BCUT2D eigenvalue weighted by Crippen LogP contribution is -2.32. The Morgan fingerprint density at radius 3 is 2.47 bits per heavy atom. The van der Waals surface area contributed by atoms with E-state index in [0.29, 0.717) is 15.6 Å². The van der Waals surface area contributed by atoms with E-state index in [-0.39, 0.29) is 6.42 Å². The van der Waals surface area contributed by atoms with Gasteiger partial charge in [0.1, 0.15) is 0 Å². The van der Waals surface area contributed by atoms with Crippen LogP contribution >= 0.6 is 23.2 Å². The predicted octanol–water partition coefficient (Wildman–Crippen LogP) is 2.99. The highest BCUT2D eigenvalue weighted by molar-refractivity contribution is 6.37. The second-order valence-electron chi connectivity index (χ2n) is 3.98. The van der Waals surface area contributed by atoms with E-state index in [0.717, 1.165) is 0 Å². The summed E-state index contributed by atoms with van der Waals surface area (Å²) < 4.78 is 0. The minimum Gasteiger partial charge on any atom is -0.481 e. The molecule has 0 saturated carbocycles. The molecule has 102 valence electrons. The molecule has 4 nitrogen and oxygen atoms in total. The maximum atomic E-state index is 11.6. The van der Waals surface area contributed by atoms with Gasteiger partial charge in [0.05, 0.1) is 6.42 Å². The fourth-order valence-corrected chi connectivity index (χ4v) is 1.96. The molecule has 6 heteroatoms. The lowest BCUT2D eigenvalue weighted by Gasteiger charge is -2.09. The number of carbonyl (C=O) groups excluding carboxylic acids is 1. The van der Waals surface area contributed by atoms with Crippen molar-refractivity contribution >= 4 is 41.2 Å². The standard InChI is InChI=1S/C13H13Cl2NO3/c1-8(7-13(18)19)16-12(17)6-5-9-10(14)3-2-4-11(9)15/h2-6,8H,7H2,1H3,(H,16,17)(H,18,19)/b6-5+. The molecule has 1 aromatic rings. The van der Waals surface area contributed by atoms with Crippen LogP contribution in [0, 0.1) is 0 Å². The van der Waals surface area contributed by atoms with Gasteiger partial charge >= 0.3 is 5.97 Å². The number of carboxylic acid groups (broad SMARTS) is 1. The van der Waals surface area contributed by atoms with Gasteiger partial charge in [0, 0.05) is 27.7 Å². The van der Waals surface area contributed by atoms with Crippen molar-refractivity contribution in [2.75, 3.05) is 0 Å². The Labute approximate surface area is 121 Å². The number of amides is 1. The maximum absolute atomic E-state index is 11.6. The molecule has 0 spiro atoms. The van der Waals surface area contributed by atoms with E-state index < -0.39 is 17.9 Å². The van der Waals surface area contributed by atoms with Crippen LogP contribution in [0.2, 0.25) is 10.0 Å². The number of carboxylic acids is 1. The zero-order valence-electron chi connectivity index (χ0n) is 10.2. The van der Waals surface area contributed by atoms with Crippen LogP contribution in [0.5, 0.6) is 0 Å². The lowest BCUT2D eigenvalue weighted by molar-refractivity contribution is -0.137. The third kappa shape index (κ3) is 5.32.